The molecule has 4 fully saturated rings. The number of amides is 1. The lowest BCUT2D eigenvalue weighted by atomic mass is 9.42. The van der Waals surface area contributed by atoms with Crippen molar-refractivity contribution in [2.45, 2.75) is 129 Å². The van der Waals surface area contributed by atoms with Gasteiger partial charge in [-0.25, -0.2) is 17.9 Å². The van der Waals surface area contributed by atoms with Gasteiger partial charge < -0.3 is 14.6 Å². The number of carbonyl (C=O) groups excluding carboxylic acids is 1. The highest BCUT2D eigenvalue weighted by Gasteiger charge is 2.62. The van der Waals surface area contributed by atoms with Crippen molar-refractivity contribution in [3.63, 3.8) is 0 Å². The number of sulfonamides is 1. The lowest BCUT2D eigenvalue weighted by Gasteiger charge is -2.63. The molecular weight excluding hydrogens is 574 g/mol. The summed E-state index contributed by atoms with van der Waals surface area (Å²) in [7, 11) is -4.06. The standard InChI is InChI=1S/C36H55NO6S/c1-7-23-19-27-29-10-9-28(35(29,5)17-14-30(27)36(6)16-13-25(38)20-31(23)36)22(2)21-42-33(39)37-44(40,41)26-8-11-32-24(18-26)12-15-34(3,4)43-32/h8,11,18,22-23,25,27-31,38H,7,9-10,12-17,19-21H2,1-6H3,(H,37,39)/t22-,23+,25+,27+,28?,29+,30+,31+,35-,36-/m1/s1. The molecule has 10 atom stereocenters. The van der Waals surface area contributed by atoms with E-state index in [0.717, 1.165) is 55.9 Å². The lowest BCUT2D eigenvalue weighted by molar-refractivity contribution is -0.153. The first-order chi connectivity index (χ1) is 20.7. The molecule has 1 heterocycles. The zero-order valence-electron chi connectivity index (χ0n) is 27.7. The van der Waals surface area contributed by atoms with E-state index in [1.165, 1.54) is 38.2 Å². The molecule has 6 rings (SSSR count). The fraction of sp³-hybridized carbons (Fsp3) is 0.806. The molecule has 4 saturated carbocycles. The van der Waals surface area contributed by atoms with Crippen molar-refractivity contribution < 1.29 is 27.8 Å². The number of benzene rings is 1. The van der Waals surface area contributed by atoms with E-state index in [-0.39, 0.29) is 34.5 Å². The Hall–Kier alpha value is -1.80. The summed E-state index contributed by atoms with van der Waals surface area (Å²) in [6.45, 7) is 13.8. The van der Waals surface area contributed by atoms with E-state index in [1.807, 2.05) is 13.8 Å². The molecule has 44 heavy (non-hydrogen) atoms. The minimum absolute atomic E-state index is 0.0498. The van der Waals surface area contributed by atoms with Crippen molar-refractivity contribution in [1.29, 1.82) is 0 Å². The monoisotopic (exact) mass is 629 g/mol. The van der Waals surface area contributed by atoms with Crippen LogP contribution in [0.25, 0.3) is 0 Å². The second kappa shape index (κ2) is 11.5. The Morgan fingerprint density at radius 2 is 1.75 bits per heavy atom. The van der Waals surface area contributed by atoms with Crippen LogP contribution in [-0.4, -0.2) is 37.9 Å². The van der Waals surface area contributed by atoms with Gasteiger partial charge in [0.15, 0.2) is 0 Å². The maximum atomic E-state index is 13.1. The van der Waals surface area contributed by atoms with Gasteiger partial charge in [0.25, 0.3) is 10.0 Å². The second-order valence-electron chi connectivity index (χ2n) is 16.4. The molecule has 1 aromatic carbocycles. The molecular formula is C36H55NO6S. The van der Waals surface area contributed by atoms with Gasteiger partial charge in [-0.05, 0) is 154 Å². The molecule has 0 bridgehead atoms. The number of hydrogen-bond donors (Lipinski definition) is 2. The van der Waals surface area contributed by atoms with Crippen LogP contribution in [0.5, 0.6) is 5.75 Å². The highest BCUT2D eigenvalue weighted by Crippen LogP contribution is 2.69. The molecule has 246 valence electrons. The van der Waals surface area contributed by atoms with Crippen molar-refractivity contribution in [2.75, 3.05) is 6.61 Å². The Morgan fingerprint density at radius 3 is 2.50 bits per heavy atom. The molecule has 8 heteroatoms. The van der Waals surface area contributed by atoms with Crippen LogP contribution in [-0.2, 0) is 21.2 Å². The third kappa shape index (κ3) is 5.58. The number of aliphatic hydroxyl groups is 1. The first-order valence-corrected chi connectivity index (χ1v) is 18.8. The number of aliphatic hydroxyl groups excluding tert-OH is 1. The molecule has 7 nitrogen and oxygen atoms in total. The molecule has 0 aromatic heterocycles. The smallest absolute Gasteiger partial charge is 0.421 e. The van der Waals surface area contributed by atoms with Crippen LogP contribution in [0.4, 0.5) is 4.79 Å². The Labute approximate surface area is 265 Å². The van der Waals surface area contributed by atoms with Crippen molar-refractivity contribution >= 4 is 16.1 Å². The fourth-order valence-electron chi connectivity index (χ4n) is 11.2. The summed E-state index contributed by atoms with van der Waals surface area (Å²) >= 11 is 0. The number of carbonyl (C=O) groups is 1. The van der Waals surface area contributed by atoms with Crippen LogP contribution in [0.3, 0.4) is 0 Å². The Morgan fingerprint density at radius 1 is 1.02 bits per heavy atom. The maximum absolute atomic E-state index is 13.1. The van der Waals surface area contributed by atoms with Gasteiger partial charge in [-0.15, -0.1) is 0 Å². The number of rotatable bonds is 6. The van der Waals surface area contributed by atoms with Gasteiger partial charge in [0.2, 0.25) is 0 Å². The minimum atomic E-state index is -4.06. The summed E-state index contributed by atoms with van der Waals surface area (Å²) < 4.78 is 39.8. The van der Waals surface area contributed by atoms with Crippen LogP contribution >= 0.6 is 0 Å². The summed E-state index contributed by atoms with van der Waals surface area (Å²) in [5, 5.41) is 10.5. The average Bonchev–Trinajstić information content (AvgIpc) is 3.32. The highest BCUT2D eigenvalue weighted by molar-refractivity contribution is 7.90. The van der Waals surface area contributed by atoms with E-state index >= 15 is 0 Å². The Balaban J connectivity index is 1.08. The van der Waals surface area contributed by atoms with Gasteiger partial charge in [0, 0.05) is 0 Å². The van der Waals surface area contributed by atoms with E-state index < -0.39 is 16.1 Å². The van der Waals surface area contributed by atoms with Crippen molar-refractivity contribution in [2.24, 2.45) is 52.3 Å². The Bertz CT molecular complexity index is 1360. The summed E-state index contributed by atoms with van der Waals surface area (Å²) in [6.07, 6.45) is 10.9. The number of aryl methyl sites for hydroxylation is 1. The van der Waals surface area contributed by atoms with Gasteiger partial charge in [-0.3, -0.25) is 0 Å². The molecule has 0 spiro atoms. The third-order valence-electron chi connectivity index (χ3n) is 13.5. The van der Waals surface area contributed by atoms with E-state index in [1.54, 1.807) is 12.1 Å². The predicted octanol–water partition coefficient (Wildman–Crippen LogP) is 7.50. The van der Waals surface area contributed by atoms with Crippen LogP contribution < -0.4 is 9.46 Å². The first-order valence-electron chi connectivity index (χ1n) is 17.4. The predicted molar refractivity (Wildman–Crippen MR) is 171 cm³/mol. The van der Waals surface area contributed by atoms with Gasteiger partial charge >= 0.3 is 6.09 Å². The van der Waals surface area contributed by atoms with E-state index in [4.69, 9.17) is 9.47 Å². The largest absolute Gasteiger partial charge is 0.488 e. The number of fused-ring (bicyclic) bond motifs is 6. The zero-order valence-corrected chi connectivity index (χ0v) is 28.5. The summed E-state index contributed by atoms with van der Waals surface area (Å²) in [6, 6.07) is 4.77. The normalized spacial score (nSPS) is 39.9. The molecule has 1 unspecified atom stereocenters. The molecule has 4 aliphatic carbocycles. The van der Waals surface area contributed by atoms with E-state index in [9.17, 15) is 18.3 Å². The van der Waals surface area contributed by atoms with E-state index in [0.29, 0.717) is 34.8 Å². The lowest BCUT2D eigenvalue weighted by Crippen LogP contribution is -2.56. The van der Waals surface area contributed by atoms with Crippen LogP contribution in [0, 0.1) is 52.3 Å². The van der Waals surface area contributed by atoms with Crippen LogP contribution in [0.1, 0.15) is 111 Å². The molecule has 5 aliphatic rings. The molecule has 2 N–H and O–H groups in total. The van der Waals surface area contributed by atoms with Gasteiger partial charge in [0.1, 0.15) is 11.4 Å². The molecule has 0 saturated heterocycles. The quantitative estimate of drug-likeness (QED) is 0.338. The first kappa shape index (κ1) is 32.2. The zero-order chi connectivity index (χ0) is 31.7. The van der Waals surface area contributed by atoms with Crippen molar-refractivity contribution in [3.05, 3.63) is 23.8 Å². The third-order valence-corrected chi connectivity index (χ3v) is 14.8. The SMILES string of the molecule is CC[C@H]1C[C@@H]2[C@H](CC[C@]3(C)C([C@H](C)COC(=O)NS(=O)(=O)c4ccc5c(c4)CCC(C)(C)O5)CC[C@@H]23)[C@@]2(C)CC[C@H](O)C[C@@H]12. The summed E-state index contributed by atoms with van der Waals surface area (Å²) in [5.41, 5.74) is 1.10. The Kier molecular flexibility index (Phi) is 8.38. The van der Waals surface area contributed by atoms with Crippen molar-refractivity contribution in [3.8, 4) is 5.75 Å². The number of nitrogens with one attached hydrogen (secondary N) is 1. The topological polar surface area (TPSA) is 102 Å². The fourth-order valence-corrected chi connectivity index (χ4v) is 12.2. The average molecular weight is 630 g/mol. The minimum Gasteiger partial charge on any atom is -0.488 e. The van der Waals surface area contributed by atoms with E-state index in [2.05, 4.69) is 32.4 Å². The molecule has 1 aliphatic heterocycles. The second-order valence-corrected chi connectivity index (χ2v) is 18.0. The number of hydrogen-bond acceptors (Lipinski definition) is 6. The van der Waals surface area contributed by atoms with Gasteiger partial charge in [0.05, 0.1) is 17.6 Å². The van der Waals surface area contributed by atoms with Gasteiger partial charge in [-0.1, -0.05) is 34.1 Å². The van der Waals surface area contributed by atoms with Crippen LogP contribution in [0.15, 0.2) is 23.1 Å². The number of ether oxygens (including phenoxy) is 2. The maximum Gasteiger partial charge on any atom is 0.421 e. The highest BCUT2D eigenvalue weighted by atomic mass is 32.2. The molecule has 1 aromatic rings. The molecule has 1 amide bonds. The summed E-state index contributed by atoms with van der Waals surface area (Å²) in [4.78, 5) is 12.8. The molecule has 0 radical (unpaired) electrons. The van der Waals surface area contributed by atoms with Crippen LogP contribution in [0.2, 0.25) is 0 Å². The van der Waals surface area contributed by atoms with Crippen molar-refractivity contribution in [1.82, 2.24) is 4.72 Å². The summed E-state index contributed by atoms with van der Waals surface area (Å²) in [5.74, 6) is 4.78. The van der Waals surface area contributed by atoms with Gasteiger partial charge in [-0.2, -0.15) is 0 Å².